The highest BCUT2D eigenvalue weighted by atomic mass is 35.5. The number of carbonyl (C=O) groups excluding carboxylic acids is 3. The Hall–Kier alpha value is -2.95. The van der Waals surface area contributed by atoms with E-state index in [0.29, 0.717) is 52.1 Å². The summed E-state index contributed by atoms with van der Waals surface area (Å²) in [5.41, 5.74) is 1.61. The number of methoxy groups -OCH3 is 3. The van der Waals surface area contributed by atoms with Crippen LogP contribution >= 0.6 is 23.4 Å². The molecule has 224 valence electrons. The number of hydrogen-bond donors (Lipinski definition) is 1. The molecular formula is C30H39ClN2O7S. The number of rotatable bonds is 11. The maximum Gasteiger partial charge on any atom is 0.328 e. The summed E-state index contributed by atoms with van der Waals surface area (Å²) in [4.78, 5) is 41.4. The number of anilines is 1. The van der Waals surface area contributed by atoms with Crippen LogP contribution in [0, 0.1) is 5.41 Å². The number of benzene rings is 2. The molecule has 2 amide bonds. The Morgan fingerprint density at radius 3 is 2.46 bits per heavy atom. The molecule has 0 spiro atoms. The second-order valence-electron chi connectivity index (χ2n) is 10.9. The van der Waals surface area contributed by atoms with Crippen LogP contribution in [-0.2, 0) is 23.9 Å². The molecule has 1 N–H and O–H groups in total. The van der Waals surface area contributed by atoms with Gasteiger partial charge in [-0.1, -0.05) is 44.5 Å². The van der Waals surface area contributed by atoms with Crippen LogP contribution in [-0.4, -0.2) is 69.8 Å². The Labute approximate surface area is 251 Å². The van der Waals surface area contributed by atoms with Crippen LogP contribution in [0.4, 0.5) is 5.69 Å². The summed E-state index contributed by atoms with van der Waals surface area (Å²) in [5.74, 6) is 0.150. The predicted octanol–water partition coefficient (Wildman–Crippen LogP) is 5.03. The minimum atomic E-state index is -1.18. The van der Waals surface area contributed by atoms with Crippen molar-refractivity contribution in [3.05, 3.63) is 52.5 Å². The van der Waals surface area contributed by atoms with Crippen molar-refractivity contribution in [2.75, 3.05) is 44.8 Å². The Balaban J connectivity index is 2.11. The number of carbonyl (C=O) groups is 3. The Morgan fingerprint density at radius 2 is 1.85 bits per heavy atom. The molecule has 0 saturated carbocycles. The van der Waals surface area contributed by atoms with Crippen molar-refractivity contribution in [2.24, 2.45) is 5.41 Å². The molecule has 0 saturated heterocycles. The van der Waals surface area contributed by atoms with Crippen LogP contribution in [0.2, 0.25) is 5.02 Å². The Morgan fingerprint density at radius 1 is 1.12 bits per heavy atom. The number of halogens is 1. The summed E-state index contributed by atoms with van der Waals surface area (Å²) < 4.78 is 22.7. The number of esters is 1. The normalized spacial score (nSPS) is 17.8. The van der Waals surface area contributed by atoms with E-state index in [-0.39, 0.29) is 17.7 Å². The molecule has 1 aliphatic heterocycles. The average molecular weight is 607 g/mol. The highest BCUT2D eigenvalue weighted by Gasteiger charge is 2.40. The number of nitrogens with zero attached hydrogens (tertiary/aromatic N) is 1. The van der Waals surface area contributed by atoms with Crippen molar-refractivity contribution < 1.29 is 33.3 Å². The molecule has 11 heteroatoms. The van der Waals surface area contributed by atoms with Crippen LogP contribution in [0.3, 0.4) is 0 Å². The molecule has 0 bridgehead atoms. The Bertz CT molecular complexity index is 1250. The number of nitrogens with one attached hydrogen (secondary N) is 1. The van der Waals surface area contributed by atoms with E-state index in [9.17, 15) is 14.4 Å². The topological polar surface area (TPSA) is 103 Å². The van der Waals surface area contributed by atoms with Crippen LogP contribution in [0.15, 0.2) is 36.4 Å². The molecule has 1 aliphatic rings. The van der Waals surface area contributed by atoms with Gasteiger partial charge in [-0.15, -0.1) is 0 Å². The highest BCUT2D eigenvalue weighted by Crippen LogP contribution is 2.45. The average Bonchev–Trinajstić information content (AvgIpc) is 3.03. The zero-order valence-electron chi connectivity index (χ0n) is 24.6. The lowest BCUT2D eigenvalue weighted by atomic mass is 9.94. The minimum Gasteiger partial charge on any atom is -0.493 e. The van der Waals surface area contributed by atoms with Crippen molar-refractivity contribution in [3.8, 4) is 11.5 Å². The molecule has 0 fully saturated rings. The fraction of sp³-hybridized carbons (Fsp3) is 0.500. The van der Waals surface area contributed by atoms with E-state index >= 15 is 0 Å². The molecule has 0 radical (unpaired) electrons. The first-order valence-corrected chi connectivity index (χ1v) is 15.0. The number of hydrogen-bond acceptors (Lipinski definition) is 8. The molecule has 3 rings (SSSR count). The van der Waals surface area contributed by atoms with Gasteiger partial charge in [0.2, 0.25) is 5.91 Å². The third-order valence-electron chi connectivity index (χ3n) is 6.56. The van der Waals surface area contributed by atoms with Gasteiger partial charge in [0, 0.05) is 28.4 Å². The SMILES string of the molecule is COC(=O)[C@@H](CCSC)NC(=O)C[C@H]1O[C@@H](c2cccc(OC)c2OC)c2cc(Cl)ccc2N(CC(C)(C)C)C1=O. The van der Waals surface area contributed by atoms with Gasteiger partial charge in [-0.3, -0.25) is 9.59 Å². The Kier molecular flexibility index (Phi) is 11.3. The molecule has 9 nitrogen and oxygen atoms in total. The van der Waals surface area contributed by atoms with E-state index < -0.39 is 30.1 Å². The summed E-state index contributed by atoms with van der Waals surface area (Å²) in [6.45, 7) is 6.44. The van der Waals surface area contributed by atoms with Gasteiger partial charge in [-0.05, 0) is 48.1 Å². The summed E-state index contributed by atoms with van der Waals surface area (Å²) in [6.07, 6.45) is -0.00863. The number of amides is 2. The summed E-state index contributed by atoms with van der Waals surface area (Å²) in [6, 6.07) is 9.84. The molecule has 0 unspecified atom stereocenters. The molecule has 2 aromatic rings. The van der Waals surface area contributed by atoms with Gasteiger partial charge in [-0.25, -0.2) is 4.79 Å². The van der Waals surface area contributed by atoms with Gasteiger partial charge >= 0.3 is 5.97 Å². The lowest BCUT2D eigenvalue weighted by molar-refractivity contribution is -0.146. The summed E-state index contributed by atoms with van der Waals surface area (Å²) in [7, 11) is 4.34. The van der Waals surface area contributed by atoms with E-state index in [4.69, 9.17) is 30.5 Å². The fourth-order valence-corrected chi connectivity index (χ4v) is 5.40. The summed E-state index contributed by atoms with van der Waals surface area (Å²) in [5, 5.41) is 3.20. The lowest BCUT2D eigenvalue weighted by Gasteiger charge is -2.31. The number of ether oxygens (including phenoxy) is 4. The minimum absolute atomic E-state index is 0.277. The summed E-state index contributed by atoms with van der Waals surface area (Å²) >= 11 is 8.02. The molecule has 41 heavy (non-hydrogen) atoms. The van der Waals surface area contributed by atoms with Gasteiger partial charge in [0.25, 0.3) is 5.91 Å². The zero-order valence-corrected chi connectivity index (χ0v) is 26.2. The number of fused-ring (bicyclic) bond motifs is 1. The first kappa shape index (κ1) is 32.6. The van der Waals surface area contributed by atoms with Crippen molar-refractivity contribution in [3.63, 3.8) is 0 Å². The van der Waals surface area contributed by atoms with E-state index in [1.165, 1.54) is 21.3 Å². The largest absolute Gasteiger partial charge is 0.493 e. The third-order valence-corrected chi connectivity index (χ3v) is 7.43. The van der Waals surface area contributed by atoms with E-state index in [0.717, 1.165) is 0 Å². The lowest BCUT2D eigenvalue weighted by Crippen LogP contribution is -2.47. The van der Waals surface area contributed by atoms with Gasteiger partial charge in [0.05, 0.1) is 27.8 Å². The molecular weight excluding hydrogens is 568 g/mol. The first-order valence-electron chi connectivity index (χ1n) is 13.3. The molecule has 2 aromatic carbocycles. The first-order chi connectivity index (χ1) is 19.4. The van der Waals surface area contributed by atoms with Gasteiger partial charge in [0.15, 0.2) is 11.5 Å². The fourth-order valence-electron chi connectivity index (χ4n) is 4.75. The predicted molar refractivity (Wildman–Crippen MR) is 161 cm³/mol. The second kappa shape index (κ2) is 14.3. The molecule has 0 aliphatic carbocycles. The van der Waals surface area contributed by atoms with Crippen molar-refractivity contribution in [1.82, 2.24) is 5.32 Å². The highest BCUT2D eigenvalue weighted by molar-refractivity contribution is 7.98. The maximum atomic E-state index is 14.1. The smallest absolute Gasteiger partial charge is 0.328 e. The van der Waals surface area contributed by atoms with Gasteiger partial charge in [0.1, 0.15) is 18.2 Å². The third kappa shape index (κ3) is 8.08. The van der Waals surface area contributed by atoms with Crippen molar-refractivity contribution in [1.29, 1.82) is 0 Å². The maximum absolute atomic E-state index is 14.1. The molecule has 1 heterocycles. The zero-order chi connectivity index (χ0) is 30.3. The number of para-hydroxylation sites is 1. The monoisotopic (exact) mass is 606 g/mol. The van der Waals surface area contributed by atoms with Crippen molar-refractivity contribution >= 4 is 46.8 Å². The van der Waals surface area contributed by atoms with Crippen LogP contribution < -0.4 is 19.7 Å². The van der Waals surface area contributed by atoms with Crippen LogP contribution in [0.1, 0.15) is 50.8 Å². The van der Waals surface area contributed by atoms with E-state index in [2.05, 4.69) is 5.32 Å². The quantitative estimate of drug-likeness (QED) is 0.356. The second-order valence-corrected chi connectivity index (χ2v) is 12.3. The van der Waals surface area contributed by atoms with Crippen molar-refractivity contribution in [2.45, 2.75) is 51.9 Å². The van der Waals surface area contributed by atoms with E-state index in [1.807, 2.05) is 33.1 Å². The van der Waals surface area contributed by atoms with Crippen LogP contribution in [0.5, 0.6) is 11.5 Å². The standard InChI is InChI=1S/C30H39ClN2O7S/c1-30(2,3)17-33-22-12-11-18(31)15-20(22)26(19-9-8-10-23(37-4)27(19)38-5)40-24(28(33)35)16-25(34)32-21(13-14-41-7)29(36)39-6/h8-12,15,21,24,26H,13-14,16-17H2,1-7H3,(H,32,34)/t21-,24-,26+/m1/s1. The molecule has 0 aromatic heterocycles. The van der Waals surface area contributed by atoms with Crippen LogP contribution in [0.25, 0.3) is 0 Å². The number of thioether (sulfide) groups is 1. The van der Waals surface area contributed by atoms with E-state index in [1.54, 1.807) is 47.0 Å². The van der Waals surface area contributed by atoms with Gasteiger partial charge < -0.3 is 29.2 Å². The van der Waals surface area contributed by atoms with Gasteiger partial charge in [-0.2, -0.15) is 11.8 Å². The molecule has 3 atom stereocenters.